The number of anilines is 1. The first-order chi connectivity index (χ1) is 8.75. The van der Waals surface area contributed by atoms with Crippen LogP contribution in [-0.4, -0.2) is 11.5 Å². The first-order valence-corrected chi connectivity index (χ1v) is 6.47. The molecule has 0 saturated carbocycles. The van der Waals surface area contributed by atoms with Gasteiger partial charge in [-0.25, -0.2) is 0 Å². The van der Waals surface area contributed by atoms with Gasteiger partial charge in [0, 0.05) is 12.2 Å². The third kappa shape index (κ3) is 3.59. The molecule has 0 aliphatic carbocycles. The van der Waals surface area contributed by atoms with Crippen LogP contribution >= 0.6 is 0 Å². The summed E-state index contributed by atoms with van der Waals surface area (Å²) < 4.78 is 0. The zero-order valence-corrected chi connectivity index (χ0v) is 11.1. The molecule has 2 rings (SSSR count). The molecule has 0 fully saturated rings. The number of aromatic nitrogens is 1. The van der Waals surface area contributed by atoms with Crippen molar-refractivity contribution in [2.24, 2.45) is 0 Å². The molecule has 0 bridgehead atoms. The van der Waals surface area contributed by atoms with Crippen molar-refractivity contribution < 1.29 is 0 Å². The maximum atomic E-state index is 4.27. The van der Waals surface area contributed by atoms with Crippen LogP contribution in [0.5, 0.6) is 0 Å². The molecule has 0 radical (unpaired) electrons. The first-order valence-electron chi connectivity index (χ1n) is 6.47. The van der Waals surface area contributed by atoms with Crippen molar-refractivity contribution in [3.05, 3.63) is 59.9 Å². The van der Waals surface area contributed by atoms with Crippen molar-refractivity contribution in [2.45, 2.75) is 26.2 Å². The summed E-state index contributed by atoms with van der Waals surface area (Å²) in [6.45, 7) is 5.24. The van der Waals surface area contributed by atoms with Crippen LogP contribution in [0.1, 0.15) is 30.5 Å². The predicted octanol–water partition coefficient (Wildman–Crippen LogP) is 4.00. The Labute approximate surface area is 109 Å². The van der Waals surface area contributed by atoms with Crippen molar-refractivity contribution in [2.75, 3.05) is 11.9 Å². The van der Waals surface area contributed by atoms with Crippen molar-refractivity contribution >= 4 is 5.69 Å². The van der Waals surface area contributed by atoms with E-state index in [2.05, 4.69) is 53.6 Å². The fourth-order valence-electron chi connectivity index (χ4n) is 1.95. The monoisotopic (exact) mass is 240 g/mol. The van der Waals surface area contributed by atoms with Crippen LogP contribution in [0.15, 0.2) is 48.7 Å². The number of nitrogens with zero attached hydrogens (tertiary/aromatic N) is 1. The first kappa shape index (κ1) is 12.6. The lowest BCUT2D eigenvalue weighted by molar-refractivity contribution is 0.706. The molecule has 1 aromatic heterocycles. The van der Waals surface area contributed by atoms with Crippen molar-refractivity contribution in [1.82, 2.24) is 4.98 Å². The van der Waals surface area contributed by atoms with Crippen LogP contribution < -0.4 is 5.32 Å². The van der Waals surface area contributed by atoms with Crippen LogP contribution in [-0.2, 0) is 0 Å². The highest BCUT2D eigenvalue weighted by Crippen LogP contribution is 2.18. The van der Waals surface area contributed by atoms with Crippen LogP contribution in [0.4, 0.5) is 5.69 Å². The van der Waals surface area contributed by atoms with Gasteiger partial charge in [-0.15, -0.1) is 0 Å². The summed E-state index contributed by atoms with van der Waals surface area (Å²) in [6, 6.07) is 14.8. The van der Waals surface area contributed by atoms with Gasteiger partial charge in [0.15, 0.2) is 0 Å². The predicted molar refractivity (Wildman–Crippen MR) is 76.9 cm³/mol. The van der Waals surface area contributed by atoms with Gasteiger partial charge in [0.25, 0.3) is 0 Å². The second-order valence-electron chi connectivity index (χ2n) is 4.72. The molecule has 1 unspecified atom stereocenters. The Bertz CT molecular complexity index is 462. The second kappa shape index (κ2) is 6.20. The highest BCUT2D eigenvalue weighted by atomic mass is 14.9. The number of rotatable bonds is 5. The Morgan fingerprint density at radius 3 is 2.56 bits per heavy atom. The maximum Gasteiger partial charge on any atom is 0.0526 e. The molecule has 18 heavy (non-hydrogen) atoms. The summed E-state index contributed by atoms with van der Waals surface area (Å²) in [5.41, 5.74) is 3.56. The lowest BCUT2D eigenvalue weighted by Gasteiger charge is -2.13. The van der Waals surface area contributed by atoms with E-state index < -0.39 is 0 Å². The van der Waals surface area contributed by atoms with Crippen LogP contribution in [0.25, 0.3) is 0 Å². The van der Waals surface area contributed by atoms with E-state index in [1.807, 2.05) is 19.2 Å². The molecule has 0 spiro atoms. The Balaban J connectivity index is 1.80. The number of benzene rings is 1. The minimum Gasteiger partial charge on any atom is -0.384 e. The smallest absolute Gasteiger partial charge is 0.0526 e. The summed E-state index contributed by atoms with van der Waals surface area (Å²) in [6.07, 6.45) is 3.01. The third-order valence-corrected chi connectivity index (χ3v) is 3.19. The average Bonchev–Trinajstić information content (AvgIpc) is 2.42. The molecule has 0 aliphatic heterocycles. The van der Waals surface area contributed by atoms with Crippen LogP contribution in [0.2, 0.25) is 0 Å². The Kier molecular flexibility index (Phi) is 4.35. The van der Waals surface area contributed by atoms with Crippen LogP contribution in [0, 0.1) is 6.92 Å². The number of nitrogens with one attached hydrogen (secondary N) is 1. The van der Waals surface area contributed by atoms with Gasteiger partial charge in [0.1, 0.15) is 0 Å². The molecule has 2 nitrogen and oxygen atoms in total. The number of aryl methyl sites for hydroxylation is 1. The minimum atomic E-state index is 0.581. The summed E-state index contributed by atoms with van der Waals surface area (Å²) >= 11 is 0. The fraction of sp³-hybridized carbons (Fsp3) is 0.312. The largest absolute Gasteiger partial charge is 0.384 e. The van der Waals surface area contributed by atoms with E-state index in [9.17, 15) is 0 Å². The molecule has 1 heterocycles. The summed E-state index contributed by atoms with van der Waals surface area (Å²) in [7, 11) is 0. The van der Waals surface area contributed by atoms with Gasteiger partial charge < -0.3 is 5.32 Å². The van der Waals surface area contributed by atoms with E-state index in [-0.39, 0.29) is 0 Å². The molecule has 94 valence electrons. The minimum absolute atomic E-state index is 0.581. The molecular formula is C16H20N2. The van der Waals surface area contributed by atoms with Crippen LogP contribution in [0.3, 0.4) is 0 Å². The number of hydrogen-bond acceptors (Lipinski definition) is 2. The van der Waals surface area contributed by atoms with Gasteiger partial charge in [-0.3, -0.25) is 4.98 Å². The zero-order chi connectivity index (χ0) is 12.8. The van der Waals surface area contributed by atoms with Gasteiger partial charge in [-0.2, -0.15) is 0 Å². The van der Waals surface area contributed by atoms with Crippen molar-refractivity contribution in [3.63, 3.8) is 0 Å². The fourth-order valence-corrected chi connectivity index (χ4v) is 1.95. The van der Waals surface area contributed by atoms with E-state index in [4.69, 9.17) is 0 Å². The number of pyridine rings is 1. The van der Waals surface area contributed by atoms with Crippen molar-refractivity contribution in [1.29, 1.82) is 0 Å². The standard InChI is InChI=1S/C16H20N2/c1-13(15-6-4-3-5-7-15)10-11-17-16-9-8-14(2)18-12-16/h3-9,12-13,17H,10-11H2,1-2H3. The zero-order valence-electron chi connectivity index (χ0n) is 11.1. The average molecular weight is 240 g/mol. The molecule has 2 aromatic rings. The summed E-state index contributed by atoms with van der Waals surface area (Å²) in [5.74, 6) is 0.581. The molecule has 1 aromatic carbocycles. The van der Waals surface area contributed by atoms with Gasteiger partial charge in [0.2, 0.25) is 0 Å². The third-order valence-electron chi connectivity index (χ3n) is 3.19. The van der Waals surface area contributed by atoms with Gasteiger partial charge in [-0.1, -0.05) is 37.3 Å². The normalized spacial score (nSPS) is 12.1. The topological polar surface area (TPSA) is 24.9 Å². The molecule has 0 saturated heterocycles. The van der Waals surface area contributed by atoms with Crippen molar-refractivity contribution in [3.8, 4) is 0 Å². The highest BCUT2D eigenvalue weighted by molar-refractivity contribution is 5.40. The van der Waals surface area contributed by atoms with E-state index in [0.29, 0.717) is 5.92 Å². The second-order valence-corrected chi connectivity index (χ2v) is 4.72. The lowest BCUT2D eigenvalue weighted by atomic mass is 9.98. The summed E-state index contributed by atoms with van der Waals surface area (Å²) in [5, 5.41) is 3.41. The molecule has 0 amide bonds. The number of hydrogen-bond donors (Lipinski definition) is 1. The van der Waals surface area contributed by atoms with E-state index in [1.165, 1.54) is 5.56 Å². The van der Waals surface area contributed by atoms with E-state index >= 15 is 0 Å². The quantitative estimate of drug-likeness (QED) is 0.854. The molecular weight excluding hydrogens is 220 g/mol. The molecule has 1 N–H and O–H groups in total. The van der Waals surface area contributed by atoms with Gasteiger partial charge in [0.05, 0.1) is 11.9 Å². The Morgan fingerprint density at radius 1 is 1.11 bits per heavy atom. The molecule has 0 aliphatic rings. The Hall–Kier alpha value is -1.83. The maximum absolute atomic E-state index is 4.27. The van der Waals surface area contributed by atoms with Gasteiger partial charge in [-0.05, 0) is 37.0 Å². The molecule has 1 atom stereocenters. The van der Waals surface area contributed by atoms with Gasteiger partial charge >= 0.3 is 0 Å². The SMILES string of the molecule is Cc1ccc(NCCC(C)c2ccccc2)cn1. The molecule has 2 heteroatoms. The Morgan fingerprint density at radius 2 is 1.89 bits per heavy atom. The summed E-state index contributed by atoms with van der Waals surface area (Å²) in [4.78, 5) is 4.27. The highest BCUT2D eigenvalue weighted by Gasteiger charge is 2.04. The van der Waals surface area contributed by atoms with E-state index in [1.54, 1.807) is 0 Å². The van der Waals surface area contributed by atoms with E-state index in [0.717, 1.165) is 24.3 Å². The lowest BCUT2D eigenvalue weighted by Crippen LogP contribution is -2.06.